The molecule has 3 nitrogen and oxygen atoms in total. The Kier molecular flexibility index (Phi) is 3.76. The van der Waals surface area contributed by atoms with Crippen molar-refractivity contribution < 1.29 is 9.53 Å². The summed E-state index contributed by atoms with van der Waals surface area (Å²) in [5, 5.41) is 2.84. The number of hydrogen-bond donors (Lipinski definition) is 1. The molecule has 5 rings (SSSR count). The Balaban J connectivity index is 1.40. The van der Waals surface area contributed by atoms with Crippen LogP contribution < -0.4 is 5.32 Å². The van der Waals surface area contributed by atoms with Crippen molar-refractivity contribution >= 4 is 27.7 Å². The fraction of sp³-hybridized carbons (Fsp3) is 0.650. The van der Waals surface area contributed by atoms with Crippen LogP contribution in [0.15, 0.2) is 28.7 Å². The van der Waals surface area contributed by atoms with Gasteiger partial charge in [0.2, 0.25) is 0 Å². The molecule has 0 saturated heterocycles. The van der Waals surface area contributed by atoms with Crippen LogP contribution in [0.5, 0.6) is 0 Å². The van der Waals surface area contributed by atoms with Crippen molar-refractivity contribution in [3.63, 3.8) is 0 Å². The third kappa shape index (κ3) is 3.10. The van der Waals surface area contributed by atoms with Gasteiger partial charge in [-0.25, -0.2) is 4.79 Å². The Morgan fingerprint density at radius 3 is 2.33 bits per heavy atom. The predicted molar refractivity (Wildman–Crippen MR) is 99.0 cm³/mol. The second-order valence-electron chi connectivity index (χ2n) is 9.34. The fourth-order valence-electron chi connectivity index (χ4n) is 6.75. The van der Waals surface area contributed by atoms with Crippen molar-refractivity contribution in [3.8, 4) is 0 Å². The minimum Gasteiger partial charge on any atom is -0.449 e. The zero-order valence-corrected chi connectivity index (χ0v) is 16.1. The Morgan fingerprint density at radius 1 is 1.12 bits per heavy atom. The van der Waals surface area contributed by atoms with Gasteiger partial charge in [0.15, 0.2) is 0 Å². The number of amides is 1. The van der Waals surface area contributed by atoms with Gasteiger partial charge in [-0.15, -0.1) is 0 Å². The molecule has 4 heteroatoms. The quantitative estimate of drug-likeness (QED) is 0.686. The summed E-state index contributed by atoms with van der Waals surface area (Å²) in [4.78, 5) is 12.2. The van der Waals surface area contributed by atoms with Gasteiger partial charge in [-0.2, -0.15) is 0 Å². The summed E-state index contributed by atoms with van der Waals surface area (Å²) < 4.78 is 6.69. The molecule has 4 aliphatic rings. The number of benzene rings is 1. The Labute approximate surface area is 152 Å². The molecule has 1 amide bonds. The van der Waals surface area contributed by atoms with Crippen LogP contribution in [0, 0.1) is 22.2 Å². The first-order valence-corrected chi connectivity index (χ1v) is 9.76. The van der Waals surface area contributed by atoms with Crippen molar-refractivity contribution in [2.24, 2.45) is 22.2 Å². The van der Waals surface area contributed by atoms with Gasteiger partial charge in [-0.05, 0) is 79.5 Å². The molecular weight excluding hydrogens is 366 g/mol. The van der Waals surface area contributed by atoms with Gasteiger partial charge < -0.3 is 4.74 Å². The number of ether oxygens (including phenoxy) is 1. The Bertz CT molecular complexity index is 638. The van der Waals surface area contributed by atoms with Gasteiger partial charge in [0.1, 0.15) is 0 Å². The lowest BCUT2D eigenvalue weighted by molar-refractivity contribution is -0.159. The van der Waals surface area contributed by atoms with Crippen molar-refractivity contribution in [1.29, 1.82) is 0 Å². The Morgan fingerprint density at radius 2 is 1.75 bits per heavy atom. The molecule has 0 spiro atoms. The van der Waals surface area contributed by atoms with E-state index in [1.165, 1.54) is 38.5 Å². The van der Waals surface area contributed by atoms with E-state index in [4.69, 9.17) is 4.74 Å². The SMILES string of the molecule is CC12CC3CC(COC(=O)Nc4ccc(Br)cc4)(C1)C[C@](C)(C3)C2. The summed E-state index contributed by atoms with van der Waals surface area (Å²) in [6.45, 7) is 5.47. The molecule has 4 atom stereocenters. The third-order valence-electron chi connectivity index (χ3n) is 6.34. The molecular formula is C20H26BrNO2. The lowest BCUT2D eigenvalue weighted by Gasteiger charge is -2.65. The molecule has 0 heterocycles. The first-order chi connectivity index (χ1) is 11.3. The van der Waals surface area contributed by atoms with Crippen molar-refractivity contribution in [3.05, 3.63) is 28.7 Å². The molecule has 24 heavy (non-hydrogen) atoms. The smallest absolute Gasteiger partial charge is 0.411 e. The molecule has 4 bridgehead atoms. The highest BCUT2D eigenvalue weighted by Crippen LogP contribution is 2.69. The van der Waals surface area contributed by atoms with E-state index < -0.39 is 0 Å². The van der Waals surface area contributed by atoms with E-state index in [1.54, 1.807) is 0 Å². The number of rotatable bonds is 3. The first kappa shape index (κ1) is 16.4. The van der Waals surface area contributed by atoms with Gasteiger partial charge in [-0.1, -0.05) is 29.8 Å². The van der Waals surface area contributed by atoms with Crippen LogP contribution in [0.4, 0.5) is 10.5 Å². The molecule has 3 unspecified atom stereocenters. The normalized spacial score (nSPS) is 39.7. The van der Waals surface area contributed by atoms with Crippen LogP contribution in [0.3, 0.4) is 0 Å². The van der Waals surface area contributed by atoms with Gasteiger partial charge in [-0.3, -0.25) is 5.32 Å². The zero-order chi connectivity index (χ0) is 17.0. The number of anilines is 1. The highest BCUT2D eigenvalue weighted by Gasteiger charge is 2.60. The van der Waals surface area contributed by atoms with Gasteiger partial charge in [0.25, 0.3) is 0 Å². The molecule has 4 saturated carbocycles. The molecule has 1 aromatic carbocycles. The summed E-state index contributed by atoms with van der Waals surface area (Å²) in [5.41, 5.74) is 1.90. The minimum atomic E-state index is -0.330. The maximum absolute atomic E-state index is 12.2. The summed E-state index contributed by atoms with van der Waals surface area (Å²) in [6.07, 6.45) is 7.44. The van der Waals surface area contributed by atoms with Gasteiger partial charge >= 0.3 is 6.09 Å². The van der Waals surface area contributed by atoms with E-state index in [1.807, 2.05) is 24.3 Å². The topological polar surface area (TPSA) is 38.3 Å². The van der Waals surface area contributed by atoms with E-state index in [9.17, 15) is 4.79 Å². The molecule has 1 N–H and O–H groups in total. The standard InChI is InChI=1S/C20H26BrNO2/c1-18-7-14-8-19(2,10-18)12-20(9-14,11-18)13-24-17(23)22-16-5-3-15(21)4-6-16/h3-6,14H,7-13H2,1-2H3,(H,22,23)/t14?,18-,19?,20?/m1/s1. The number of nitrogens with one attached hydrogen (secondary N) is 1. The maximum Gasteiger partial charge on any atom is 0.411 e. The number of halogens is 1. The average Bonchev–Trinajstić information content (AvgIpc) is 2.44. The van der Waals surface area contributed by atoms with E-state index in [-0.39, 0.29) is 11.5 Å². The zero-order valence-electron chi connectivity index (χ0n) is 14.5. The summed E-state index contributed by atoms with van der Waals surface area (Å²) in [6, 6.07) is 7.57. The summed E-state index contributed by atoms with van der Waals surface area (Å²) >= 11 is 3.40. The Hall–Kier alpha value is -1.03. The second-order valence-corrected chi connectivity index (χ2v) is 10.3. The van der Waals surface area contributed by atoms with Gasteiger partial charge in [0.05, 0.1) is 6.61 Å². The van der Waals surface area contributed by atoms with Crippen LogP contribution in [-0.4, -0.2) is 12.7 Å². The lowest BCUT2D eigenvalue weighted by atomic mass is 9.40. The van der Waals surface area contributed by atoms with E-state index in [0.717, 1.165) is 16.1 Å². The highest BCUT2D eigenvalue weighted by atomic mass is 79.9. The van der Waals surface area contributed by atoms with Crippen molar-refractivity contribution in [1.82, 2.24) is 0 Å². The third-order valence-corrected chi connectivity index (χ3v) is 6.87. The highest BCUT2D eigenvalue weighted by molar-refractivity contribution is 9.10. The average molecular weight is 392 g/mol. The van der Waals surface area contributed by atoms with Crippen LogP contribution >= 0.6 is 15.9 Å². The van der Waals surface area contributed by atoms with Crippen molar-refractivity contribution in [2.45, 2.75) is 52.4 Å². The van der Waals surface area contributed by atoms with E-state index in [2.05, 4.69) is 35.1 Å². The van der Waals surface area contributed by atoms with Crippen LogP contribution in [0.25, 0.3) is 0 Å². The van der Waals surface area contributed by atoms with Gasteiger partial charge in [0, 0.05) is 15.6 Å². The molecule has 130 valence electrons. The van der Waals surface area contributed by atoms with E-state index >= 15 is 0 Å². The molecule has 4 aliphatic carbocycles. The number of carbonyl (C=O) groups excluding carboxylic acids is 1. The molecule has 1 aromatic rings. The first-order valence-electron chi connectivity index (χ1n) is 8.97. The minimum absolute atomic E-state index is 0.208. The molecule has 0 aliphatic heterocycles. The maximum atomic E-state index is 12.2. The fourth-order valence-corrected chi connectivity index (χ4v) is 7.02. The molecule has 4 fully saturated rings. The molecule has 0 radical (unpaired) electrons. The molecule has 0 aromatic heterocycles. The number of carbonyl (C=O) groups is 1. The second kappa shape index (κ2) is 5.48. The van der Waals surface area contributed by atoms with Crippen LogP contribution in [0.2, 0.25) is 0 Å². The lowest BCUT2D eigenvalue weighted by Crippen LogP contribution is -2.56. The summed E-state index contributed by atoms with van der Waals surface area (Å²) in [7, 11) is 0. The monoisotopic (exact) mass is 391 g/mol. The van der Waals surface area contributed by atoms with Crippen LogP contribution in [-0.2, 0) is 4.74 Å². The van der Waals surface area contributed by atoms with Crippen molar-refractivity contribution in [2.75, 3.05) is 11.9 Å². The predicted octanol–water partition coefficient (Wildman–Crippen LogP) is 5.99. The largest absolute Gasteiger partial charge is 0.449 e. The summed E-state index contributed by atoms with van der Waals surface area (Å²) in [5.74, 6) is 0.828. The number of hydrogen-bond acceptors (Lipinski definition) is 2. The van der Waals surface area contributed by atoms with E-state index in [0.29, 0.717) is 17.4 Å². The van der Waals surface area contributed by atoms with Crippen LogP contribution in [0.1, 0.15) is 52.4 Å².